The van der Waals surface area contributed by atoms with Crippen molar-refractivity contribution in [3.63, 3.8) is 0 Å². The largest absolute Gasteiger partial charge is 0.416 e. The molecule has 0 radical (unpaired) electrons. The van der Waals surface area contributed by atoms with E-state index in [2.05, 4.69) is 10.6 Å². The Labute approximate surface area is 122 Å². The SMILES string of the molecule is CC(C)(C)NC(=O)CCNCc1ccc(C(F)(F)F)cc1. The van der Waals surface area contributed by atoms with E-state index < -0.39 is 11.7 Å². The molecule has 0 bridgehead atoms. The molecule has 0 saturated carbocycles. The van der Waals surface area contributed by atoms with Crippen LogP contribution < -0.4 is 10.6 Å². The van der Waals surface area contributed by atoms with Gasteiger partial charge >= 0.3 is 6.18 Å². The van der Waals surface area contributed by atoms with Crippen LogP contribution in [0.4, 0.5) is 13.2 Å². The lowest BCUT2D eigenvalue weighted by atomic mass is 10.1. The van der Waals surface area contributed by atoms with Crippen LogP contribution in [0.3, 0.4) is 0 Å². The van der Waals surface area contributed by atoms with Crippen LogP contribution >= 0.6 is 0 Å². The summed E-state index contributed by atoms with van der Waals surface area (Å²) < 4.78 is 37.2. The van der Waals surface area contributed by atoms with Gasteiger partial charge in [0, 0.05) is 25.0 Å². The number of carbonyl (C=O) groups excluding carboxylic acids is 1. The smallest absolute Gasteiger partial charge is 0.351 e. The quantitative estimate of drug-likeness (QED) is 0.821. The van der Waals surface area contributed by atoms with Gasteiger partial charge in [0.15, 0.2) is 0 Å². The summed E-state index contributed by atoms with van der Waals surface area (Å²) in [6, 6.07) is 4.99. The number of halogens is 3. The number of alkyl halides is 3. The fraction of sp³-hybridized carbons (Fsp3) is 0.533. The van der Waals surface area contributed by atoms with Gasteiger partial charge in [-0.1, -0.05) is 12.1 Å². The van der Waals surface area contributed by atoms with Gasteiger partial charge in [-0.05, 0) is 38.5 Å². The third kappa shape index (κ3) is 7.13. The summed E-state index contributed by atoms with van der Waals surface area (Å²) in [5, 5.41) is 5.87. The van der Waals surface area contributed by atoms with Gasteiger partial charge in [-0.25, -0.2) is 0 Å². The lowest BCUT2D eigenvalue weighted by Crippen LogP contribution is -2.41. The first kappa shape index (κ1) is 17.5. The lowest BCUT2D eigenvalue weighted by Gasteiger charge is -2.20. The van der Waals surface area contributed by atoms with Crippen molar-refractivity contribution < 1.29 is 18.0 Å². The Morgan fingerprint density at radius 1 is 1.10 bits per heavy atom. The van der Waals surface area contributed by atoms with Gasteiger partial charge in [0.05, 0.1) is 5.56 Å². The van der Waals surface area contributed by atoms with E-state index in [9.17, 15) is 18.0 Å². The van der Waals surface area contributed by atoms with E-state index in [1.807, 2.05) is 20.8 Å². The van der Waals surface area contributed by atoms with Crippen LogP contribution in [0.15, 0.2) is 24.3 Å². The van der Waals surface area contributed by atoms with Crippen molar-refractivity contribution >= 4 is 5.91 Å². The average Bonchev–Trinajstić information content (AvgIpc) is 2.32. The van der Waals surface area contributed by atoms with Gasteiger partial charge in [0.1, 0.15) is 0 Å². The highest BCUT2D eigenvalue weighted by molar-refractivity contribution is 5.76. The number of hydrogen-bond acceptors (Lipinski definition) is 2. The Morgan fingerprint density at radius 3 is 2.14 bits per heavy atom. The van der Waals surface area contributed by atoms with Crippen molar-refractivity contribution in [3.05, 3.63) is 35.4 Å². The lowest BCUT2D eigenvalue weighted by molar-refractivity contribution is -0.137. The molecule has 1 aromatic carbocycles. The molecule has 21 heavy (non-hydrogen) atoms. The molecule has 0 atom stereocenters. The number of rotatable bonds is 5. The molecule has 0 spiro atoms. The summed E-state index contributed by atoms with van der Waals surface area (Å²) in [4.78, 5) is 11.5. The minimum Gasteiger partial charge on any atom is -0.351 e. The van der Waals surface area contributed by atoms with E-state index in [-0.39, 0.29) is 11.4 Å². The summed E-state index contributed by atoms with van der Waals surface area (Å²) >= 11 is 0. The topological polar surface area (TPSA) is 41.1 Å². The first-order valence-electron chi connectivity index (χ1n) is 6.76. The molecule has 0 saturated heterocycles. The van der Waals surface area contributed by atoms with E-state index in [0.717, 1.165) is 17.7 Å². The van der Waals surface area contributed by atoms with Gasteiger partial charge in [0.2, 0.25) is 5.91 Å². The second kappa shape index (κ2) is 6.93. The normalized spacial score (nSPS) is 12.3. The minimum absolute atomic E-state index is 0.0533. The van der Waals surface area contributed by atoms with Crippen LogP contribution in [-0.2, 0) is 17.5 Å². The van der Waals surface area contributed by atoms with Crippen molar-refractivity contribution in [2.24, 2.45) is 0 Å². The number of hydrogen-bond donors (Lipinski definition) is 2. The van der Waals surface area contributed by atoms with Crippen molar-refractivity contribution in [2.45, 2.75) is 45.5 Å². The molecule has 118 valence electrons. The van der Waals surface area contributed by atoms with Gasteiger partial charge < -0.3 is 10.6 Å². The second-order valence-electron chi connectivity index (χ2n) is 5.92. The maximum Gasteiger partial charge on any atom is 0.416 e. The second-order valence-corrected chi connectivity index (χ2v) is 5.92. The minimum atomic E-state index is -4.31. The van der Waals surface area contributed by atoms with Crippen LogP contribution in [0.1, 0.15) is 38.3 Å². The van der Waals surface area contributed by atoms with Crippen LogP contribution in [0.2, 0.25) is 0 Å². The maximum absolute atomic E-state index is 12.4. The fourth-order valence-corrected chi connectivity index (χ4v) is 1.73. The summed E-state index contributed by atoms with van der Waals surface area (Å²) in [5.41, 5.74) is -0.167. The number of carbonyl (C=O) groups is 1. The monoisotopic (exact) mass is 302 g/mol. The summed E-state index contributed by atoms with van der Waals surface area (Å²) in [6.07, 6.45) is -3.98. The van der Waals surface area contributed by atoms with E-state index in [1.54, 1.807) is 0 Å². The predicted molar refractivity (Wildman–Crippen MR) is 75.7 cm³/mol. The molecule has 0 heterocycles. The van der Waals surface area contributed by atoms with E-state index in [1.165, 1.54) is 12.1 Å². The third-order valence-electron chi connectivity index (χ3n) is 2.65. The highest BCUT2D eigenvalue weighted by atomic mass is 19.4. The van der Waals surface area contributed by atoms with Crippen LogP contribution in [-0.4, -0.2) is 18.0 Å². The van der Waals surface area contributed by atoms with Crippen molar-refractivity contribution in [1.82, 2.24) is 10.6 Å². The van der Waals surface area contributed by atoms with Crippen molar-refractivity contribution in [1.29, 1.82) is 0 Å². The molecule has 6 heteroatoms. The van der Waals surface area contributed by atoms with Crippen molar-refractivity contribution in [3.8, 4) is 0 Å². The maximum atomic E-state index is 12.4. The Balaban J connectivity index is 2.32. The molecule has 0 aliphatic carbocycles. The Hall–Kier alpha value is -1.56. The first-order chi connectivity index (χ1) is 9.58. The van der Waals surface area contributed by atoms with Gasteiger partial charge in [-0.15, -0.1) is 0 Å². The van der Waals surface area contributed by atoms with Crippen LogP contribution in [0, 0.1) is 0 Å². The third-order valence-corrected chi connectivity index (χ3v) is 2.65. The van der Waals surface area contributed by atoms with Gasteiger partial charge in [0.25, 0.3) is 0 Å². The molecule has 1 amide bonds. The van der Waals surface area contributed by atoms with Gasteiger partial charge in [-0.3, -0.25) is 4.79 Å². The molecule has 0 aliphatic rings. The Morgan fingerprint density at radius 2 is 1.67 bits per heavy atom. The molecule has 0 aromatic heterocycles. The Kier molecular flexibility index (Phi) is 5.78. The highest BCUT2D eigenvalue weighted by Crippen LogP contribution is 2.28. The number of nitrogens with one attached hydrogen (secondary N) is 2. The number of amides is 1. The zero-order chi connectivity index (χ0) is 16.1. The van der Waals surface area contributed by atoms with E-state index >= 15 is 0 Å². The average molecular weight is 302 g/mol. The zero-order valence-electron chi connectivity index (χ0n) is 12.5. The van der Waals surface area contributed by atoms with Gasteiger partial charge in [-0.2, -0.15) is 13.2 Å². The molecule has 1 rings (SSSR count). The van der Waals surface area contributed by atoms with Crippen molar-refractivity contribution in [2.75, 3.05) is 6.54 Å². The standard InChI is InChI=1S/C15H21F3N2O/c1-14(2,3)20-13(21)8-9-19-10-11-4-6-12(7-5-11)15(16,17)18/h4-7,19H,8-10H2,1-3H3,(H,20,21). The van der Waals surface area contributed by atoms with Crippen LogP contribution in [0.5, 0.6) is 0 Å². The van der Waals surface area contributed by atoms with Crippen LogP contribution in [0.25, 0.3) is 0 Å². The molecule has 3 nitrogen and oxygen atoms in total. The highest BCUT2D eigenvalue weighted by Gasteiger charge is 2.29. The predicted octanol–water partition coefficient (Wildman–Crippen LogP) is 3.10. The van der Waals surface area contributed by atoms with E-state index in [0.29, 0.717) is 19.5 Å². The molecule has 0 unspecified atom stereocenters. The molecular formula is C15H21F3N2O. The molecule has 0 aliphatic heterocycles. The number of benzene rings is 1. The fourth-order valence-electron chi connectivity index (χ4n) is 1.73. The summed E-state index contributed by atoms with van der Waals surface area (Å²) in [5.74, 6) is -0.0533. The summed E-state index contributed by atoms with van der Waals surface area (Å²) in [7, 11) is 0. The Bertz CT molecular complexity index is 461. The van der Waals surface area contributed by atoms with E-state index in [4.69, 9.17) is 0 Å². The molecule has 1 aromatic rings. The molecule has 0 fully saturated rings. The zero-order valence-corrected chi connectivity index (χ0v) is 12.5. The first-order valence-corrected chi connectivity index (χ1v) is 6.76. The summed E-state index contributed by atoms with van der Waals surface area (Å²) in [6.45, 7) is 6.62. The molecular weight excluding hydrogens is 281 g/mol. The molecule has 2 N–H and O–H groups in total.